The van der Waals surface area contributed by atoms with Crippen LogP contribution in [-0.4, -0.2) is 23.9 Å². The quantitative estimate of drug-likeness (QED) is 0.383. The molecule has 0 saturated carbocycles. The smallest absolute Gasteiger partial charge is 0.245 e. The summed E-state index contributed by atoms with van der Waals surface area (Å²) in [4.78, 5) is 13.2. The predicted molar refractivity (Wildman–Crippen MR) is 65.0 cm³/mol. The number of carbonyl (C=O) groups is 1. The van der Waals surface area contributed by atoms with Crippen molar-refractivity contribution >= 4 is 5.91 Å². The molecular formula is C11H25N3O. The van der Waals surface area contributed by atoms with Crippen LogP contribution in [0.25, 0.3) is 0 Å². The minimum atomic E-state index is 0.0712. The Balaban J connectivity index is 0. The van der Waals surface area contributed by atoms with Crippen LogP contribution in [0.5, 0.6) is 0 Å². The maximum atomic E-state index is 11.3. The lowest BCUT2D eigenvalue weighted by Crippen LogP contribution is -2.31. The van der Waals surface area contributed by atoms with Crippen molar-refractivity contribution < 1.29 is 4.79 Å². The molecule has 0 aliphatic carbocycles. The maximum Gasteiger partial charge on any atom is 0.245 e. The average Bonchev–Trinajstić information content (AvgIpc) is 2.31. The number of carbonyl (C=O) groups excluding carboxylic acids is 1. The maximum absolute atomic E-state index is 11.3. The predicted octanol–water partition coefficient (Wildman–Crippen LogP) is 1.42. The number of unbranched alkanes of at least 4 members (excludes halogenated alkanes) is 2. The van der Waals surface area contributed by atoms with Crippen LogP contribution < -0.4 is 11.7 Å². The molecular weight excluding hydrogens is 190 g/mol. The van der Waals surface area contributed by atoms with Crippen molar-refractivity contribution in [2.24, 2.45) is 11.7 Å². The zero-order valence-electron chi connectivity index (χ0n) is 10.0. The third-order valence-electron chi connectivity index (χ3n) is 2.05. The second-order valence-electron chi connectivity index (χ2n) is 3.24. The van der Waals surface area contributed by atoms with E-state index in [4.69, 9.17) is 0 Å². The Morgan fingerprint density at radius 1 is 1.20 bits per heavy atom. The molecule has 4 heteroatoms. The molecule has 0 radical (unpaired) electrons. The SMILES string of the molecule is C=CC(=O)N(CCCC)CCCC.NN. The Hall–Kier alpha value is -0.870. The first kappa shape index (κ1) is 16.6. The van der Waals surface area contributed by atoms with Crippen LogP contribution in [0, 0.1) is 0 Å². The van der Waals surface area contributed by atoms with Crippen LogP contribution in [-0.2, 0) is 4.79 Å². The zero-order valence-corrected chi connectivity index (χ0v) is 10.0. The van der Waals surface area contributed by atoms with Gasteiger partial charge in [0, 0.05) is 13.1 Å². The molecule has 0 unspecified atom stereocenters. The molecule has 0 saturated heterocycles. The summed E-state index contributed by atoms with van der Waals surface area (Å²) in [6.45, 7) is 9.53. The van der Waals surface area contributed by atoms with E-state index < -0.39 is 0 Å². The van der Waals surface area contributed by atoms with Gasteiger partial charge in [0.2, 0.25) is 5.91 Å². The molecule has 4 N–H and O–H groups in total. The van der Waals surface area contributed by atoms with Crippen LogP contribution in [0.3, 0.4) is 0 Å². The van der Waals surface area contributed by atoms with Gasteiger partial charge in [0.05, 0.1) is 0 Å². The molecule has 0 aliphatic rings. The molecule has 90 valence electrons. The van der Waals surface area contributed by atoms with Crippen LogP contribution in [0.1, 0.15) is 39.5 Å². The van der Waals surface area contributed by atoms with Gasteiger partial charge in [0.25, 0.3) is 0 Å². The number of nitrogens with two attached hydrogens (primary N) is 2. The van der Waals surface area contributed by atoms with Gasteiger partial charge in [-0.15, -0.1) is 0 Å². The first-order chi connectivity index (χ1) is 7.26. The lowest BCUT2D eigenvalue weighted by molar-refractivity contribution is -0.126. The minimum Gasteiger partial charge on any atom is -0.339 e. The number of hydrazine groups is 1. The molecule has 0 spiro atoms. The Morgan fingerprint density at radius 3 is 1.87 bits per heavy atom. The van der Waals surface area contributed by atoms with E-state index in [1.807, 2.05) is 4.90 Å². The number of rotatable bonds is 7. The van der Waals surface area contributed by atoms with Gasteiger partial charge in [-0.2, -0.15) is 0 Å². The van der Waals surface area contributed by atoms with Crippen molar-refractivity contribution in [2.45, 2.75) is 39.5 Å². The van der Waals surface area contributed by atoms with E-state index in [2.05, 4.69) is 32.1 Å². The summed E-state index contributed by atoms with van der Waals surface area (Å²) in [5.41, 5.74) is 0. The van der Waals surface area contributed by atoms with Crippen LogP contribution in [0.15, 0.2) is 12.7 Å². The number of hydrogen-bond acceptors (Lipinski definition) is 3. The highest BCUT2D eigenvalue weighted by Gasteiger charge is 2.07. The third kappa shape index (κ3) is 9.43. The van der Waals surface area contributed by atoms with Crippen molar-refractivity contribution in [1.29, 1.82) is 0 Å². The van der Waals surface area contributed by atoms with Gasteiger partial charge in [0.1, 0.15) is 0 Å². The number of hydrogen-bond donors (Lipinski definition) is 2. The molecule has 4 nitrogen and oxygen atoms in total. The fraction of sp³-hybridized carbons (Fsp3) is 0.727. The summed E-state index contributed by atoms with van der Waals surface area (Å²) in [6, 6.07) is 0. The zero-order chi connectivity index (χ0) is 12.1. The van der Waals surface area contributed by atoms with Gasteiger partial charge in [-0.3, -0.25) is 16.5 Å². The van der Waals surface area contributed by atoms with Crippen molar-refractivity contribution in [1.82, 2.24) is 4.90 Å². The lowest BCUT2D eigenvalue weighted by Gasteiger charge is -2.20. The van der Waals surface area contributed by atoms with Crippen molar-refractivity contribution in [3.63, 3.8) is 0 Å². The van der Waals surface area contributed by atoms with Gasteiger partial charge in [-0.1, -0.05) is 33.3 Å². The molecule has 0 aliphatic heterocycles. The van der Waals surface area contributed by atoms with Gasteiger partial charge >= 0.3 is 0 Å². The van der Waals surface area contributed by atoms with E-state index in [0.717, 1.165) is 38.8 Å². The Labute approximate surface area is 93.3 Å². The standard InChI is InChI=1S/C11H21NO.H4N2/c1-4-7-9-12(10-8-5-2)11(13)6-3;1-2/h6H,3-5,7-10H2,1-2H3;1-2H2. The topological polar surface area (TPSA) is 72.3 Å². The van der Waals surface area contributed by atoms with Crippen LogP contribution in [0.4, 0.5) is 0 Å². The molecule has 0 aromatic heterocycles. The molecule has 0 atom stereocenters. The highest BCUT2D eigenvalue weighted by Crippen LogP contribution is 2.00. The summed E-state index contributed by atoms with van der Waals surface area (Å²) < 4.78 is 0. The highest BCUT2D eigenvalue weighted by atomic mass is 16.2. The fourth-order valence-electron chi connectivity index (χ4n) is 1.16. The van der Waals surface area contributed by atoms with E-state index in [-0.39, 0.29) is 5.91 Å². The Kier molecular flexibility index (Phi) is 14.5. The van der Waals surface area contributed by atoms with E-state index in [9.17, 15) is 4.79 Å². The second-order valence-corrected chi connectivity index (χ2v) is 3.24. The van der Waals surface area contributed by atoms with Crippen LogP contribution >= 0.6 is 0 Å². The largest absolute Gasteiger partial charge is 0.339 e. The molecule has 1 amide bonds. The molecule has 0 fully saturated rings. The average molecular weight is 215 g/mol. The molecule has 0 aromatic carbocycles. The first-order valence-electron chi connectivity index (χ1n) is 5.50. The van der Waals surface area contributed by atoms with Crippen molar-refractivity contribution in [3.8, 4) is 0 Å². The van der Waals surface area contributed by atoms with E-state index in [1.165, 1.54) is 6.08 Å². The van der Waals surface area contributed by atoms with Gasteiger partial charge < -0.3 is 4.90 Å². The molecule has 15 heavy (non-hydrogen) atoms. The van der Waals surface area contributed by atoms with Gasteiger partial charge in [0.15, 0.2) is 0 Å². The van der Waals surface area contributed by atoms with Gasteiger partial charge in [-0.25, -0.2) is 0 Å². The third-order valence-corrected chi connectivity index (χ3v) is 2.05. The molecule has 0 rings (SSSR count). The van der Waals surface area contributed by atoms with Crippen molar-refractivity contribution in [3.05, 3.63) is 12.7 Å². The minimum absolute atomic E-state index is 0.0712. The van der Waals surface area contributed by atoms with E-state index >= 15 is 0 Å². The fourth-order valence-corrected chi connectivity index (χ4v) is 1.16. The monoisotopic (exact) mass is 215 g/mol. The highest BCUT2D eigenvalue weighted by molar-refractivity contribution is 5.86. The lowest BCUT2D eigenvalue weighted by atomic mass is 10.2. The normalized spacial score (nSPS) is 8.80. The summed E-state index contributed by atoms with van der Waals surface area (Å²) in [5.74, 6) is 8.07. The summed E-state index contributed by atoms with van der Waals surface area (Å²) in [6.07, 6.45) is 5.85. The van der Waals surface area contributed by atoms with E-state index in [0.29, 0.717) is 0 Å². The Bertz CT molecular complexity index is 152. The summed E-state index contributed by atoms with van der Waals surface area (Å²) >= 11 is 0. The summed E-state index contributed by atoms with van der Waals surface area (Å²) in [5, 5.41) is 0. The van der Waals surface area contributed by atoms with Crippen LogP contribution in [0.2, 0.25) is 0 Å². The van der Waals surface area contributed by atoms with Gasteiger partial charge in [-0.05, 0) is 18.9 Å². The number of amides is 1. The number of nitrogens with zero attached hydrogens (tertiary/aromatic N) is 1. The van der Waals surface area contributed by atoms with E-state index in [1.54, 1.807) is 0 Å². The summed E-state index contributed by atoms with van der Waals surface area (Å²) in [7, 11) is 0. The molecule has 0 aromatic rings. The Morgan fingerprint density at radius 2 is 1.60 bits per heavy atom. The first-order valence-corrected chi connectivity index (χ1v) is 5.50. The second kappa shape index (κ2) is 13.1. The molecule has 0 bridgehead atoms. The van der Waals surface area contributed by atoms with Crippen molar-refractivity contribution in [2.75, 3.05) is 13.1 Å². The molecule has 0 heterocycles.